The maximum absolute atomic E-state index is 12.9. The highest BCUT2D eigenvalue weighted by molar-refractivity contribution is 5.99. The fraction of sp³-hybridized carbons (Fsp3) is 0.273. The number of benzene rings is 2. The molecule has 2 aromatic carbocycles. The second kappa shape index (κ2) is 7.37. The third-order valence-corrected chi connectivity index (χ3v) is 5.09. The van der Waals surface area contributed by atoms with Crippen LogP contribution in [0.5, 0.6) is 0 Å². The number of anilines is 1. The monoisotopic (exact) mass is 360 g/mol. The molecule has 0 atom stereocenters. The number of nitrogens with zero attached hydrogens (tertiary/aromatic N) is 4. The molecule has 1 aliphatic rings. The average Bonchev–Trinajstić information content (AvgIpc) is 2.99. The molecule has 1 saturated heterocycles. The molecule has 0 unspecified atom stereocenters. The van der Waals surface area contributed by atoms with Crippen molar-refractivity contribution in [1.82, 2.24) is 14.7 Å². The van der Waals surface area contributed by atoms with E-state index < -0.39 is 0 Å². The zero-order valence-electron chi connectivity index (χ0n) is 15.8. The molecule has 1 amide bonds. The van der Waals surface area contributed by atoms with Crippen molar-refractivity contribution in [3.05, 3.63) is 72.1 Å². The van der Waals surface area contributed by atoms with Gasteiger partial charge in [0.1, 0.15) is 0 Å². The van der Waals surface area contributed by atoms with Crippen LogP contribution >= 0.6 is 0 Å². The van der Waals surface area contributed by atoms with Gasteiger partial charge in [0.15, 0.2) is 0 Å². The molecule has 1 aliphatic heterocycles. The standard InChI is InChI=1S/C22H24N4O/c1-17-19(14-24(2)23-17)15-25-12-13-26(22(27)16-25)21-11-7-6-10-20(21)18-8-4-3-5-9-18/h3-11,14H,12-13,15-16H2,1-2H3. The molecule has 2 heterocycles. The van der Waals surface area contributed by atoms with Crippen LogP contribution in [-0.4, -0.2) is 40.2 Å². The van der Waals surface area contributed by atoms with E-state index in [4.69, 9.17) is 0 Å². The zero-order valence-corrected chi connectivity index (χ0v) is 15.8. The largest absolute Gasteiger partial charge is 0.309 e. The lowest BCUT2D eigenvalue weighted by Gasteiger charge is -2.35. The van der Waals surface area contributed by atoms with Crippen molar-refractivity contribution in [3.63, 3.8) is 0 Å². The topological polar surface area (TPSA) is 41.4 Å². The van der Waals surface area contributed by atoms with Crippen LogP contribution in [0.15, 0.2) is 60.8 Å². The van der Waals surface area contributed by atoms with Crippen molar-refractivity contribution in [2.24, 2.45) is 7.05 Å². The Labute approximate surface area is 159 Å². The molecule has 0 spiro atoms. The van der Waals surface area contributed by atoms with E-state index in [1.54, 1.807) is 0 Å². The minimum absolute atomic E-state index is 0.145. The lowest BCUT2D eigenvalue weighted by Crippen LogP contribution is -2.50. The van der Waals surface area contributed by atoms with Gasteiger partial charge in [-0.05, 0) is 18.6 Å². The van der Waals surface area contributed by atoms with Gasteiger partial charge < -0.3 is 4.90 Å². The molecule has 0 saturated carbocycles. The summed E-state index contributed by atoms with van der Waals surface area (Å²) in [5.74, 6) is 0.145. The minimum atomic E-state index is 0.145. The van der Waals surface area contributed by atoms with Crippen LogP contribution < -0.4 is 4.90 Å². The second-order valence-corrected chi connectivity index (χ2v) is 7.05. The second-order valence-electron chi connectivity index (χ2n) is 7.05. The van der Waals surface area contributed by atoms with Gasteiger partial charge in [0.05, 0.1) is 17.9 Å². The summed E-state index contributed by atoms with van der Waals surface area (Å²) in [4.78, 5) is 17.1. The molecule has 5 nitrogen and oxygen atoms in total. The van der Waals surface area contributed by atoms with Crippen molar-refractivity contribution < 1.29 is 4.79 Å². The van der Waals surface area contributed by atoms with Crippen LogP contribution in [0.1, 0.15) is 11.3 Å². The van der Waals surface area contributed by atoms with E-state index in [2.05, 4.69) is 28.2 Å². The number of piperazine rings is 1. The molecule has 1 aromatic heterocycles. The molecule has 0 N–H and O–H groups in total. The summed E-state index contributed by atoms with van der Waals surface area (Å²) in [7, 11) is 1.93. The van der Waals surface area contributed by atoms with E-state index >= 15 is 0 Å². The first-order valence-electron chi connectivity index (χ1n) is 9.28. The van der Waals surface area contributed by atoms with Crippen molar-refractivity contribution in [1.29, 1.82) is 0 Å². The summed E-state index contributed by atoms with van der Waals surface area (Å²) in [6.45, 7) is 4.76. The maximum atomic E-state index is 12.9. The highest BCUT2D eigenvalue weighted by Gasteiger charge is 2.27. The van der Waals surface area contributed by atoms with E-state index in [1.165, 1.54) is 5.56 Å². The summed E-state index contributed by atoms with van der Waals surface area (Å²) < 4.78 is 1.83. The van der Waals surface area contributed by atoms with Gasteiger partial charge in [-0.1, -0.05) is 48.5 Å². The highest BCUT2D eigenvalue weighted by atomic mass is 16.2. The average molecular weight is 360 g/mol. The number of para-hydroxylation sites is 1. The van der Waals surface area contributed by atoms with Crippen LogP contribution in [0.3, 0.4) is 0 Å². The number of rotatable bonds is 4. The number of hydrogen-bond donors (Lipinski definition) is 0. The first kappa shape index (κ1) is 17.5. The highest BCUT2D eigenvalue weighted by Crippen LogP contribution is 2.31. The van der Waals surface area contributed by atoms with Crippen molar-refractivity contribution in [2.75, 3.05) is 24.5 Å². The SMILES string of the molecule is Cc1nn(C)cc1CN1CCN(c2ccccc2-c2ccccc2)C(=O)C1. The van der Waals surface area contributed by atoms with Gasteiger partial charge in [0.2, 0.25) is 5.91 Å². The number of aromatic nitrogens is 2. The molecule has 5 heteroatoms. The van der Waals surface area contributed by atoms with E-state index in [9.17, 15) is 4.79 Å². The summed E-state index contributed by atoms with van der Waals surface area (Å²) >= 11 is 0. The summed E-state index contributed by atoms with van der Waals surface area (Å²) in [6, 6.07) is 18.4. The maximum Gasteiger partial charge on any atom is 0.241 e. The normalized spacial score (nSPS) is 15.3. The molecule has 4 rings (SSSR count). The fourth-order valence-corrected chi connectivity index (χ4v) is 3.73. The van der Waals surface area contributed by atoms with Gasteiger partial charge in [-0.15, -0.1) is 0 Å². The third kappa shape index (κ3) is 3.64. The number of carbonyl (C=O) groups is 1. The minimum Gasteiger partial charge on any atom is -0.309 e. The molecule has 27 heavy (non-hydrogen) atoms. The van der Waals surface area contributed by atoms with E-state index in [0.717, 1.165) is 35.6 Å². The Morgan fingerprint density at radius 1 is 1.00 bits per heavy atom. The lowest BCUT2D eigenvalue weighted by atomic mass is 10.0. The number of amides is 1. The van der Waals surface area contributed by atoms with Crippen LogP contribution in [-0.2, 0) is 18.4 Å². The molecule has 3 aromatic rings. The Hall–Kier alpha value is -2.92. The smallest absolute Gasteiger partial charge is 0.241 e. The van der Waals surface area contributed by atoms with Gasteiger partial charge >= 0.3 is 0 Å². The summed E-state index contributed by atoms with van der Waals surface area (Å²) in [6.07, 6.45) is 2.04. The lowest BCUT2D eigenvalue weighted by molar-refractivity contribution is -0.121. The predicted octanol–water partition coefficient (Wildman–Crippen LogP) is 3.24. The van der Waals surface area contributed by atoms with Crippen LogP contribution in [0.2, 0.25) is 0 Å². The van der Waals surface area contributed by atoms with Gasteiger partial charge in [-0.3, -0.25) is 14.4 Å². The quantitative estimate of drug-likeness (QED) is 0.717. The van der Waals surface area contributed by atoms with E-state index in [0.29, 0.717) is 13.1 Å². The molecular weight excluding hydrogens is 336 g/mol. The van der Waals surface area contributed by atoms with Gasteiger partial charge in [0, 0.05) is 44.0 Å². The Morgan fingerprint density at radius 2 is 1.74 bits per heavy atom. The van der Waals surface area contributed by atoms with Crippen LogP contribution in [0.4, 0.5) is 5.69 Å². The van der Waals surface area contributed by atoms with Crippen LogP contribution in [0.25, 0.3) is 11.1 Å². The first-order valence-corrected chi connectivity index (χ1v) is 9.28. The number of aryl methyl sites for hydroxylation is 2. The fourth-order valence-electron chi connectivity index (χ4n) is 3.73. The molecule has 138 valence electrons. The van der Waals surface area contributed by atoms with Crippen molar-refractivity contribution >= 4 is 11.6 Å². The molecular formula is C22H24N4O. The van der Waals surface area contributed by atoms with Gasteiger partial charge in [0.25, 0.3) is 0 Å². The van der Waals surface area contributed by atoms with Crippen molar-refractivity contribution in [3.8, 4) is 11.1 Å². The Bertz CT molecular complexity index is 948. The molecule has 1 fully saturated rings. The molecule has 0 radical (unpaired) electrons. The van der Waals surface area contributed by atoms with E-state index in [-0.39, 0.29) is 5.91 Å². The predicted molar refractivity (Wildman–Crippen MR) is 107 cm³/mol. The Balaban J connectivity index is 1.53. The summed E-state index contributed by atoms with van der Waals surface area (Å²) in [5.41, 5.74) is 5.44. The summed E-state index contributed by atoms with van der Waals surface area (Å²) in [5, 5.41) is 4.40. The Morgan fingerprint density at radius 3 is 2.44 bits per heavy atom. The third-order valence-electron chi connectivity index (χ3n) is 5.09. The van der Waals surface area contributed by atoms with E-state index in [1.807, 2.05) is 66.1 Å². The van der Waals surface area contributed by atoms with Crippen LogP contribution in [0, 0.1) is 6.92 Å². The first-order chi connectivity index (χ1) is 13.1. The number of carbonyl (C=O) groups excluding carboxylic acids is 1. The van der Waals surface area contributed by atoms with Gasteiger partial charge in [-0.2, -0.15) is 5.10 Å². The van der Waals surface area contributed by atoms with Gasteiger partial charge in [-0.25, -0.2) is 0 Å². The molecule has 0 bridgehead atoms. The number of hydrogen-bond acceptors (Lipinski definition) is 3. The zero-order chi connectivity index (χ0) is 18.8. The Kier molecular flexibility index (Phi) is 4.77. The molecule has 0 aliphatic carbocycles. The van der Waals surface area contributed by atoms with Crippen molar-refractivity contribution in [2.45, 2.75) is 13.5 Å².